The number of aromatic nitrogens is 1. The quantitative estimate of drug-likeness (QED) is 0.295. The van der Waals surface area contributed by atoms with E-state index in [1.807, 2.05) is 6.92 Å². The van der Waals surface area contributed by atoms with Gasteiger partial charge in [0.25, 0.3) is 0 Å². The number of hydrogen-bond acceptors (Lipinski definition) is 6. The molecular weight excluding hydrogens is 505 g/mol. The van der Waals surface area contributed by atoms with E-state index in [0.717, 1.165) is 23.2 Å². The second kappa shape index (κ2) is 12.7. The van der Waals surface area contributed by atoms with Gasteiger partial charge in [-0.1, -0.05) is 6.07 Å². The highest BCUT2D eigenvalue weighted by Crippen LogP contribution is 2.24. The lowest BCUT2D eigenvalue weighted by molar-refractivity contribution is 0.119. The Hall–Kier alpha value is -0.750. The fraction of sp³-hybridized carbons (Fsp3) is 0.579. The zero-order valence-electron chi connectivity index (χ0n) is 17.5. The number of thiophene rings is 1. The number of halogens is 1. The zero-order chi connectivity index (χ0) is 19.8. The number of thiazole rings is 1. The van der Waals surface area contributed by atoms with Crippen molar-refractivity contribution in [3.8, 4) is 0 Å². The van der Waals surface area contributed by atoms with Gasteiger partial charge in [-0.3, -0.25) is 4.99 Å². The molecule has 2 unspecified atom stereocenters. The van der Waals surface area contributed by atoms with Crippen molar-refractivity contribution >= 4 is 52.6 Å². The van der Waals surface area contributed by atoms with Crippen LogP contribution in [0, 0.1) is 0 Å². The molecule has 158 valence electrons. The Balaban J connectivity index is 0.00000392. The Morgan fingerprint density at radius 3 is 2.64 bits per heavy atom. The minimum absolute atomic E-state index is 0. The van der Waals surface area contributed by atoms with Gasteiger partial charge < -0.3 is 19.9 Å². The number of guanidine groups is 1. The summed E-state index contributed by atoms with van der Waals surface area (Å²) in [6, 6.07) is 4.55. The lowest BCUT2D eigenvalue weighted by Gasteiger charge is -2.25. The standard InChI is InChI=1S/C19H31N5OS2.HI/c1-7-20-19(21-11-16(23(3)4)17-9-8-10-26-17)24(5)12-15-13-27-18(22-15)14(2)25-6;/h8-10,13-14,16H,7,11-12H2,1-6H3,(H,20,21);1H. The Morgan fingerprint density at radius 2 is 2.07 bits per heavy atom. The molecule has 9 heteroatoms. The van der Waals surface area contributed by atoms with Gasteiger partial charge in [0.05, 0.1) is 24.8 Å². The first kappa shape index (κ1) is 25.3. The number of methoxy groups -OCH3 is 1. The molecule has 0 fully saturated rings. The largest absolute Gasteiger partial charge is 0.375 e. The van der Waals surface area contributed by atoms with E-state index in [9.17, 15) is 0 Å². The van der Waals surface area contributed by atoms with Crippen LogP contribution in [0.3, 0.4) is 0 Å². The molecular formula is C19H32IN5OS2. The fourth-order valence-electron chi connectivity index (χ4n) is 2.63. The summed E-state index contributed by atoms with van der Waals surface area (Å²) in [5.41, 5.74) is 1.04. The van der Waals surface area contributed by atoms with Crippen molar-refractivity contribution in [2.24, 2.45) is 4.99 Å². The highest BCUT2D eigenvalue weighted by atomic mass is 127. The van der Waals surface area contributed by atoms with Gasteiger partial charge in [0.1, 0.15) is 11.1 Å². The van der Waals surface area contributed by atoms with Crippen molar-refractivity contribution in [1.29, 1.82) is 0 Å². The lowest BCUT2D eigenvalue weighted by atomic mass is 10.2. The van der Waals surface area contributed by atoms with Crippen molar-refractivity contribution in [2.45, 2.75) is 32.5 Å². The first-order valence-electron chi connectivity index (χ1n) is 9.12. The first-order chi connectivity index (χ1) is 13.0. The number of hydrogen-bond donors (Lipinski definition) is 1. The molecule has 2 aromatic heterocycles. The van der Waals surface area contributed by atoms with Crippen LogP contribution in [0.15, 0.2) is 27.9 Å². The average Bonchev–Trinajstić information content (AvgIpc) is 3.32. The molecule has 2 atom stereocenters. The Morgan fingerprint density at radius 1 is 1.32 bits per heavy atom. The van der Waals surface area contributed by atoms with Crippen LogP contribution >= 0.6 is 46.7 Å². The molecule has 0 aliphatic carbocycles. The van der Waals surface area contributed by atoms with Gasteiger partial charge in [-0.2, -0.15) is 0 Å². The summed E-state index contributed by atoms with van der Waals surface area (Å²) in [5, 5.41) is 8.62. The highest BCUT2D eigenvalue weighted by molar-refractivity contribution is 14.0. The second-order valence-electron chi connectivity index (χ2n) is 6.60. The van der Waals surface area contributed by atoms with Gasteiger partial charge >= 0.3 is 0 Å². The maximum Gasteiger partial charge on any atom is 0.194 e. The summed E-state index contributed by atoms with van der Waals surface area (Å²) in [4.78, 5) is 15.3. The van der Waals surface area contributed by atoms with Crippen LogP contribution in [0.4, 0.5) is 0 Å². The third-order valence-corrected chi connectivity index (χ3v) is 6.30. The van der Waals surface area contributed by atoms with Crippen LogP contribution in [-0.4, -0.2) is 62.1 Å². The maximum absolute atomic E-state index is 5.36. The maximum atomic E-state index is 5.36. The normalized spacial score (nSPS) is 13.9. The van der Waals surface area contributed by atoms with Gasteiger partial charge in [0, 0.05) is 31.0 Å². The van der Waals surface area contributed by atoms with E-state index in [4.69, 9.17) is 14.7 Å². The number of likely N-dealkylation sites (N-methyl/N-ethyl adjacent to an activating group) is 1. The number of ether oxygens (including phenoxy) is 1. The van der Waals surface area contributed by atoms with E-state index >= 15 is 0 Å². The van der Waals surface area contributed by atoms with Crippen LogP contribution in [0.5, 0.6) is 0 Å². The van der Waals surface area contributed by atoms with Gasteiger partial charge in [-0.05, 0) is 39.4 Å². The molecule has 0 amide bonds. The third kappa shape index (κ3) is 7.25. The molecule has 0 bridgehead atoms. The average molecular weight is 538 g/mol. The van der Waals surface area contributed by atoms with Crippen molar-refractivity contribution < 1.29 is 4.74 Å². The molecule has 2 aromatic rings. The molecule has 1 N–H and O–H groups in total. The zero-order valence-corrected chi connectivity index (χ0v) is 21.5. The number of aliphatic imine (C=N–C) groups is 1. The van der Waals surface area contributed by atoms with Gasteiger partial charge in [0.15, 0.2) is 5.96 Å². The van der Waals surface area contributed by atoms with Crippen molar-refractivity contribution in [3.05, 3.63) is 38.5 Å². The smallest absolute Gasteiger partial charge is 0.194 e. The summed E-state index contributed by atoms with van der Waals surface area (Å²) >= 11 is 3.42. The van der Waals surface area contributed by atoms with E-state index in [0.29, 0.717) is 13.1 Å². The number of nitrogens with one attached hydrogen (secondary N) is 1. The molecule has 0 saturated carbocycles. The molecule has 6 nitrogen and oxygen atoms in total. The van der Waals surface area contributed by atoms with Crippen LogP contribution in [0.25, 0.3) is 0 Å². The minimum Gasteiger partial charge on any atom is -0.375 e. The molecule has 0 saturated heterocycles. The van der Waals surface area contributed by atoms with Gasteiger partial charge in [0.2, 0.25) is 0 Å². The third-order valence-electron chi connectivity index (χ3n) is 4.28. The second-order valence-corrected chi connectivity index (χ2v) is 8.47. The molecule has 0 aliphatic rings. The molecule has 0 aliphatic heterocycles. The molecule has 28 heavy (non-hydrogen) atoms. The summed E-state index contributed by atoms with van der Waals surface area (Å²) < 4.78 is 5.36. The monoisotopic (exact) mass is 537 g/mol. The summed E-state index contributed by atoms with van der Waals surface area (Å²) in [5.74, 6) is 0.898. The predicted molar refractivity (Wildman–Crippen MR) is 131 cm³/mol. The predicted octanol–water partition coefficient (Wildman–Crippen LogP) is 4.23. The summed E-state index contributed by atoms with van der Waals surface area (Å²) in [7, 11) is 7.97. The first-order valence-corrected chi connectivity index (χ1v) is 10.9. The van der Waals surface area contributed by atoms with Crippen LogP contribution < -0.4 is 5.32 Å². The van der Waals surface area contributed by atoms with Crippen LogP contribution in [0.2, 0.25) is 0 Å². The fourth-order valence-corrected chi connectivity index (χ4v) is 4.39. The summed E-state index contributed by atoms with van der Waals surface area (Å²) in [6.45, 7) is 6.36. The molecule has 0 spiro atoms. The van der Waals surface area contributed by atoms with E-state index < -0.39 is 0 Å². The highest BCUT2D eigenvalue weighted by Gasteiger charge is 2.17. The molecule has 2 heterocycles. The Bertz CT molecular complexity index is 705. The van der Waals surface area contributed by atoms with E-state index in [-0.39, 0.29) is 36.1 Å². The number of nitrogens with zero attached hydrogens (tertiary/aromatic N) is 4. The van der Waals surface area contributed by atoms with Crippen molar-refractivity contribution in [3.63, 3.8) is 0 Å². The van der Waals surface area contributed by atoms with Crippen molar-refractivity contribution in [2.75, 3.05) is 41.3 Å². The van der Waals surface area contributed by atoms with Gasteiger partial charge in [-0.25, -0.2) is 4.98 Å². The van der Waals surface area contributed by atoms with Crippen LogP contribution in [0.1, 0.15) is 41.6 Å². The SMILES string of the molecule is CCNC(=NCC(c1cccs1)N(C)C)N(C)Cc1csc(C(C)OC)n1.I. The van der Waals surface area contributed by atoms with E-state index in [1.165, 1.54) is 4.88 Å². The van der Waals surface area contributed by atoms with Crippen molar-refractivity contribution in [1.82, 2.24) is 20.1 Å². The Labute approximate surface area is 194 Å². The lowest BCUT2D eigenvalue weighted by Crippen LogP contribution is -2.39. The number of rotatable bonds is 9. The minimum atomic E-state index is 0. The van der Waals surface area contributed by atoms with Gasteiger partial charge in [-0.15, -0.1) is 46.7 Å². The van der Waals surface area contributed by atoms with E-state index in [2.05, 4.69) is 66.1 Å². The van der Waals surface area contributed by atoms with E-state index in [1.54, 1.807) is 29.8 Å². The topological polar surface area (TPSA) is 53.0 Å². The molecule has 0 aromatic carbocycles. The summed E-state index contributed by atoms with van der Waals surface area (Å²) in [6.07, 6.45) is 0.0302. The molecule has 0 radical (unpaired) electrons. The Kier molecular flexibility index (Phi) is 11.5. The molecule has 2 rings (SSSR count). The van der Waals surface area contributed by atoms with Crippen LogP contribution in [-0.2, 0) is 11.3 Å².